The Morgan fingerprint density at radius 2 is 0.754 bits per heavy atom. The highest BCUT2D eigenvalue weighted by atomic mass is 32.2. The molecule has 0 saturated heterocycles. The summed E-state index contributed by atoms with van der Waals surface area (Å²) in [5, 5.41) is 2.50. The molecule has 2 aliphatic carbocycles. The van der Waals surface area contributed by atoms with Crippen molar-refractivity contribution >= 4 is 39.6 Å². The van der Waals surface area contributed by atoms with E-state index in [9.17, 15) is 0 Å². The van der Waals surface area contributed by atoms with Crippen LogP contribution in [0.1, 0.15) is 44.5 Å². The van der Waals surface area contributed by atoms with E-state index in [0.717, 1.165) is 45.3 Å². The van der Waals surface area contributed by atoms with Crippen LogP contribution in [0.5, 0.6) is 11.5 Å². The van der Waals surface area contributed by atoms with E-state index in [1.807, 2.05) is 11.8 Å². The first-order valence-electron chi connectivity index (χ1n) is 23.8. The second kappa shape index (κ2) is 14.6. The first kappa shape index (κ1) is 38.7. The van der Waals surface area contributed by atoms with Crippen molar-refractivity contribution in [2.75, 3.05) is 4.90 Å². The predicted octanol–water partition coefficient (Wildman–Crippen LogP) is 17.3. The van der Waals surface area contributed by atoms with Gasteiger partial charge in [-0.1, -0.05) is 194 Å². The molecule has 11 aromatic rings. The highest BCUT2D eigenvalue weighted by Gasteiger charge is 2.53. The molecule has 0 amide bonds. The van der Waals surface area contributed by atoms with E-state index in [4.69, 9.17) is 4.74 Å². The Bertz CT molecular complexity index is 3850. The maximum atomic E-state index is 6.76. The van der Waals surface area contributed by atoms with Crippen molar-refractivity contribution in [2.24, 2.45) is 0 Å². The average Bonchev–Trinajstić information content (AvgIpc) is 3.85. The zero-order chi connectivity index (χ0) is 45.3. The number of hydrogen-bond acceptors (Lipinski definition) is 3. The molecule has 0 fully saturated rings. The molecular weight excluding hydrogens is 855 g/mol. The number of fused-ring (bicyclic) bond motifs is 19. The van der Waals surface area contributed by atoms with Crippen LogP contribution in [0, 0.1) is 0 Å². The summed E-state index contributed by atoms with van der Waals surface area (Å²) < 4.78 is 6.76. The second-order valence-electron chi connectivity index (χ2n) is 18.7. The zero-order valence-electron chi connectivity index (χ0n) is 37.4. The minimum absolute atomic E-state index is 0.563. The Labute approximate surface area is 405 Å². The van der Waals surface area contributed by atoms with E-state index in [2.05, 4.69) is 254 Å². The lowest BCUT2D eigenvalue weighted by molar-refractivity contribution is 0.436. The predicted molar refractivity (Wildman–Crippen MR) is 283 cm³/mol. The normalized spacial score (nSPS) is 14.4. The lowest BCUT2D eigenvalue weighted by Gasteiger charge is -2.40. The molecule has 322 valence electrons. The van der Waals surface area contributed by atoms with Crippen LogP contribution >= 0.6 is 11.8 Å². The van der Waals surface area contributed by atoms with Crippen LogP contribution in [-0.4, -0.2) is 0 Å². The summed E-state index contributed by atoms with van der Waals surface area (Å²) in [6, 6.07) is 92.5. The largest absolute Gasteiger partial charge is 0.457 e. The fourth-order valence-electron chi connectivity index (χ4n) is 12.6. The molecule has 0 radical (unpaired) electrons. The van der Waals surface area contributed by atoms with Crippen LogP contribution in [0.3, 0.4) is 0 Å². The van der Waals surface area contributed by atoms with Crippen molar-refractivity contribution in [1.29, 1.82) is 0 Å². The molecular formula is C66H41NOS. The summed E-state index contributed by atoms with van der Waals surface area (Å²) in [6.07, 6.45) is 0. The number of hydrogen-bond donors (Lipinski definition) is 0. The lowest BCUT2D eigenvalue weighted by atomic mass is 9.66. The third-order valence-electron chi connectivity index (χ3n) is 15.4. The molecule has 2 nitrogen and oxygen atoms in total. The van der Waals surface area contributed by atoms with Crippen molar-refractivity contribution in [3.63, 3.8) is 0 Å². The highest BCUT2D eigenvalue weighted by molar-refractivity contribution is 7.99. The molecule has 2 spiro atoms. The summed E-state index contributed by atoms with van der Waals surface area (Å²) in [6.45, 7) is 0. The first-order valence-corrected chi connectivity index (χ1v) is 24.6. The van der Waals surface area contributed by atoms with Gasteiger partial charge in [-0.25, -0.2) is 0 Å². The quantitative estimate of drug-likeness (QED) is 0.175. The van der Waals surface area contributed by atoms with Crippen molar-refractivity contribution in [3.8, 4) is 44.9 Å². The van der Waals surface area contributed by atoms with Crippen LogP contribution in [0.2, 0.25) is 0 Å². The van der Waals surface area contributed by atoms with E-state index < -0.39 is 10.8 Å². The number of ether oxygens (including phenoxy) is 1. The molecule has 0 N–H and O–H groups in total. The van der Waals surface area contributed by atoms with Gasteiger partial charge in [-0.15, -0.1) is 0 Å². The van der Waals surface area contributed by atoms with Gasteiger partial charge in [-0.3, -0.25) is 0 Å². The molecule has 0 bridgehead atoms. The van der Waals surface area contributed by atoms with Crippen LogP contribution in [0.25, 0.3) is 44.2 Å². The van der Waals surface area contributed by atoms with Crippen molar-refractivity contribution < 1.29 is 4.74 Å². The van der Waals surface area contributed by atoms with Crippen molar-refractivity contribution in [1.82, 2.24) is 0 Å². The van der Waals surface area contributed by atoms with Crippen molar-refractivity contribution in [2.45, 2.75) is 20.6 Å². The molecule has 4 aliphatic rings. The average molecular weight is 896 g/mol. The Balaban J connectivity index is 1.04. The molecule has 0 saturated carbocycles. The maximum Gasteiger partial charge on any atom is 0.132 e. The van der Waals surface area contributed by atoms with Gasteiger partial charge in [0.05, 0.1) is 16.5 Å². The standard InChI is InChI=1S/C66H41NOS/c1-2-18-42(19-3-1)47-22-7-13-29-60(47)67(45-34-36-49-48-23-6-8-24-52(48)65(58(49)40-45)53-25-9-14-30-61(53)68-62-31-15-10-26-54(62)65)46-35-37-50-51-38-43-20-4-5-21-44(43)39-57(51)66(59(50)41-46)55-27-11-16-32-63(55)69-64-33-17-12-28-56(64)66/h1-41H. The first-order chi connectivity index (χ1) is 34.2. The van der Waals surface area contributed by atoms with Gasteiger partial charge in [0.15, 0.2) is 0 Å². The number of para-hydroxylation sites is 3. The van der Waals surface area contributed by atoms with E-state index in [0.29, 0.717) is 0 Å². The highest BCUT2D eigenvalue weighted by Crippen LogP contribution is 2.65. The Hall–Kier alpha value is -8.37. The summed E-state index contributed by atoms with van der Waals surface area (Å²) >= 11 is 1.89. The van der Waals surface area contributed by atoms with Gasteiger partial charge in [0.1, 0.15) is 11.5 Å². The van der Waals surface area contributed by atoms with E-state index >= 15 is 0 Å². The molecule has 0 unspecified atom stereocenters. The summed E-state index contributed by atoms with van der Waals surface area (Å²) in [5.41, 5.74) is 19.6. The van der Waals surface area contributed by atoms with E-state index in [1.165, 1.54) is 81.8 Å². The van der Waals surface area contributed by atoms with Gasteiger partial charge in [0, 0.05) is 37.9 Å². The Morgan fingerprint density at radius 3 is 1.41 bits per heavy atom. The summed E-state index contributed by atoms with van der Waals surface area (Å²) in [7, 11) is 0. The van der Waals surface area contributed by atoms with E-state index in [-0.39, 0.29) is 0 Å². The van der Waals surface area contributed by atoms with Gasteiger partial charge < -0.3 is 9.64 Å². The monoisotopic (exact) mass is 895 g/mol. The van der Waals surface area contributed by atoms with Gasteiger partial charge in [0.25, 0.3) is 0 Å². The molecule has 2 aliphatic heterocycles. The summed E-state index contributed by atoms with van der Waals surface area (Å²) in [5.74, 6) is 1.77. The molecule has 15 rings (SSSR count). The third kappa shape index (κ3) is 5.23. The molecule has 2 heterocycles. The van der Waals surface area contributed by atoms with Gasteiger partial charge in [0.2, 0.25) is 0 Å². The Kier molecular flexibility index (Phi) is 8.17. The minimum atomic E-state index is -0.614. The van der Waals surface area contributed by atoms with Gasteiger partial charge >= 0.3 is 0 Å². The maximum absolute atomic E-state index is 6.76. The van der Waals surface area contributed by atoms with Crippen LogP contribution in [0.4, 0.5) is 17.1 Å². The second-order valence-corrected chi connectivity index (χ2v) is 19.7. The fourth-order valence-corrected chi connectivity index (χ4v) is 13.8. The topological polar surface area (TPSA) is 12.5 Å². The molecule has 0 aromatic heterocycles. The third-order valence-corrected chi connectivity index (χ3v) is 16.5. The van der Waals surface area contributed by atoms with Gasteiger partial charge in [-0.05, 0) is 139 Å². The van der Waals surface area contributed by atoms with Crippen molar-refractivity contribution in [3.05, 3.63) is 293 Å². The number of rotatable bonds is 4. The number of benzene rings is 11. The van der Waals surface area contributed by atoms with E-state index in [1.54, 1.807) is 0 Å². The smallest absolute Gasteiger partial charge is 0.132 e. The van der Waals surface area contributed by atoms with Crippen LogP contribution < -0.4 is 9.64 Å². The Morgan fingerprint density at radius 1 is 0.304 bits per heavy atom. The van der Waals surface area contributed by atoms with Crippen LogP contribution in [-0.2, 0) is 10.8 Å². The van der Waals surface area contributed by atoms with Gasteiger partial charge in [-0.2, -0.15) is 0 Å². The molecule has 0 atom stereocenters. The number of nitrogens with zero attached hydrogens (tertiary/aromatic N) is 1. The SMILES string of the molecule is c1ccc(-c2ccccc2N(c2ccc3c(c2)C2(c4ccccc4Oc4ccccc42)c2ccccc2-3)c2ccc3c(c2)C2(c4ccccc4Sc4ccccc42)c2cc4ccccc4cc2-3)cc1. The zero-order valence-corrected chi connectivity index (χ0v) is 38.3. The molecule has 11 aromatic carbocycles. The fraction of sp³-hybridized carbons (Fsp3) is 0.0303. The molecule has 69 heavy (non-hydrogen) atoms. The molecule has 3 heteroatoms. The summed E-state index contributed by atoms with van der Waals surface area (Å²) in [4.78, 5) is 5.11. The lowest BCUT2D eigenvalue weighted by Crippen LogP contribution is -2.32. The minimum Gasteiger partial charge on any atom is -0.457 e. The number of anilines is 3. The van der Waals surface area contributed by atoms with Crippen LogP contribution in [0.15, 0.2) is 259 Å².